The Kier molecular flexibility index (Phi) is 6.93. The van der Waals surface area contributed by atoms with E-state index in [1.54, 1.807) is 32.9 Å². The molecular weight excluding hydrogens is 500 g/mol. The summed E-state index contributed by atoms with van der Waals surface area (Å²) in [5.41, 5.74) is 3.88. The van der Waals surface area contributed by atoms with Crippen LogP contribution in [0.25, 0.3) is 11.1 Å². The van der Waals surface area contributed by atoms with E-state index in [1.807, 2.05) is 48.5 Å². The van der Waals surface area contributed by atoms with Gasteiger partial charge in [-0.2, -0.15) is 0 Å². The maximum Gasteiger partial charge on any atom is 0.407 e. The average molecular weight is 529 g/mol. The molecule has 0 aromatic heterocycles. The second-order valence-electron chi connectivity index (χ2n) is 10.3. The van der Waals surface area contributed by atoms with Gasteiger partial charge in [-0.3, -0.25) is 9.59 Å². The smallest absolute Gasteiger partial charge is 0.407 e. The minimum atomic E-state index is -1.34. The second-order valence-corrected chi connectivity index (χ2v) is 10.3. The van der Waals surface area contributed by atoms with Gasteiger partial charge in [-0.05, 0) is 55.2 Å². The summed E-state index contributed by atoms with van der Waals surface area (Å²) in [4.78, 5) is 56.4. The summed E-state index contributed by atoms with van der Waals surface area (Å²) in [6.07, 6.45) is -0.862. The summed E-state index contributed by atoms with van der Waals surface area (Å²) in [5.74, 6) is -2.74. The van der Waals surface area contributed by atoms with Crippen LogP contribution in [-0.2, 0) is 19.1 Å². The zero-order valence-electron chi connectivity index (χ0n) is 21.8. The van der Waals surface area contributed by atoms with Crippen LogP contribution in [0.15, 0.2) is 72.8 Å². The Morgan fingerprint density at radius 2 is 1.31 bits per heavy atom. The van der Waals surface area contributed by atoms with Crippen molar-refractivity contribution in [2.75, 3.05) is 13.2 Å². The van der Waals surface area contributed by atoms with Gasteiger partial charge in [0.05, 0.1) is 23.3 Å². The second kappa shape index (κ2) is 10.3. The van der Waals surface area contributed by atoms with E-state index in [2.05, 4.69) is 5.32 Å². The monoisotopic (exact) mass is 528 g/mol. The fourth-order valence-electron chi connectivity index (χ4n) is 4.69. The zero-order chi connectivity index (χ0) is 27.7. The molecular formula is C30H28N2O7. The van der Waals surface area contributed by atoms with Crippen molar-refractivity contribution in [2.45, 2.75) is 38.3 Å². The lowest BCUT2D eigenvalue weighted by Gasteiger charge is -2.25. The van der Waals surface area contributed by atoms with Gasteiger partial charge in [-0.25, -0.2) is 9.59 Å². The highest BCUT2D eigenvalue weighted by atomic mass is 16.7. The van der Waals surface area contributed by atoms with Gasteiger partial charge < -0.3 is 19.6 Å². The molecule has 5 rings (SSSR count). The molecule has 1 atom stereocenters. The van der Waals surface area contributed by atoms with E-state index >= 15 is 0 Å². The van der Waals surface area contributed by atoms with E-state index in [-0.39, 0.29) is 30.3 Å². The molecule has 3 amide bonds. The largest absolute Gasteiger partial charge is 0.449 e. The van der Waals surface area contributed by atoms with Crippen LogP contribution in [0.4, 0.5) is 4.79 Å². The van der Waals surface area contributed by atoms with Crippen LogP contribution in [0.5, 0.6) is 0 Å². The molecule has 3 aromatic rings. The normalized spacial score (nSPS) is 14.9. The first-order chi connectivity index (χ1) is 18.6. The number of benzene rings is 3. The lowest BCUT2D eigenvalue weighted by molar-refractivity contribution is -0.173. The van der Waals surface area contributed by atoms with Gasteiger partial charge in [0.1, 0.15) is 6.61 Å². The molecule has 1 aliphatic heterocycles. The Balaban J connectivity index is 1.27. The molecule has 200 valence electrons. The van der Waals surface area contributed by atoms with Crippen LogP contribution < -0.4 is 5.32 Å². The van der Waals surface area contributed by atoms with Gasteiger partial charge in [-0.15, -0.1) is 0 Å². The first kappa shape index (κ1) is 26.1. The lowest BCUT2D eigenvalue weighted by Crippen LogP contribution is -2.49. The van der Waals surface area contributed by atoms with Crippen molar-refractivity contribution in [3.63, 3.8) is 0 Å². The van der Waals surface area contributed by atoms with Gasteiger partial charge in [0, 0.05) is 5.92 Å². The van der Waals surface area contributed by atoms with Gasteiger partial charge in [0.25, 0.3) is 11.8 Å². The van der Waals surface area contributed by atoms with Crippen molar-refractivity contribution in [3.8, 4) is 11.1 Å². The molecule has 9 heteroatoms. The number of carbonyl (C=O) groups excluding carboxylic acids is 4. The van der Waals surface area contributed by atoms with Crippen LogP contribution >= 0.6 is 0 Å². The highest BCUT2D eigenvalue weighted by Gasteiger charge is 2.40. The minimum Gasteiger partial charge on any atom is -0.449 e. The van der Waals surface area contributed by atoms with E-state index in [0.717, 1.165) is 22.3 Å². The minimum absolute atomic E-state index is 0.0418. The van der Waals surface area contributed by atoms with Crippen LogP contribution in [0.2, 0.25) is 0 Å². The quantitative estimate of drug-likeness (QED) is 0.451. The first-order valence-corrected chi connectivity index (χ1v) is 12.6. The van der Waals surface area contributed by atoms with Crippen molar-refractivity contribution in [1.29, 1.82) is 0 Å². The molecule has 0 fully saturated rings. The molecule has 39 heavy (non-hydrogen) atoms. The van der Waals surface area contributed by atoms with Gasteiger partial charge in [-0.1, -0.05) is 65.7 Å². The number of alkyl carbamates (subject to hydrolysis) is 1. The third kappa shape index (κ3) is 5.26. The molecule has 1 N–H and O–H groups in total. The summed E-state index contributed by atoms with van der Waals surface area (Å²) < 4.78 is 11.3. The summed E-state index contributed by atoms with van der Waals surface area (Å²) in [7, 11) is 0. The van der Waals surface area contributed by atoms with Crippen molar-refractivity contribution >= 4 is 23.9 Å². The molecule has 0 bridgehead atoms. The molecule has 0 radical (unpaired) electrons. The molecule has 0 unspecified atom stereocenters. The molecule has 9 nitrogen and oxygen atoms in total. The summed E-state index contributed by atoms with van der Waals surface area (Å²) in [5, 5.41) is 2.88. The van der Waals surface area contributed by atoms with E-state index in [4.69, 9.17) is 14.3 Å². The Morgan fingerprint density at radius 1 is 0.821 bits per heavy atom. The van der Waals surface area contributed by atoms with E-state index in [1.165, 1.54) is 12.1 Å². The molecule has 1 aliphatic carbocycles. The average Bonchev–Trinajstić information content (AvgIpc) is 3.36. The Bertz CT molecular complexity index is 1380. The van der Waals surface area contributed by atoms with Gasteiger partial charge in [0.2, 0.25) is 0 Å². The fourth-order valence-corrected chi connectivity index (χ4v) is 4.69. The predicted molar refractivity (Wildman–Crippen MR) is 141 cm³/mol. The van der Waals surface area contributed by atoms with E-state index in [9.17, 15) is 19.2 Å². The topological polar surface area (TPSA) is 111 Å². The number of nitrogens with one attached hydrogen (secondary N) is 1. The Hall–Kier alpha value is -4.50. The Morgan fingerprint density at radius 3 is 1.82 bits per heavy atom. The first-order valence-electron chi connectivity index (χ1n) is 12.6. The van der Waals surface area contributed by atoms with Crippen molar-refractivity contribution in [2.24, 2.45) is 0 Å². The third-order valence-electron chi connectivity index (χ3n) is 6.54. The molecule has 2 aliphatic rings. The van der Waals surface area contributed by atoms with Crippen molar-refractivity contribution in [3.05, 3.63) is 95.1 Å². The molecule has 0 spiro atoms. The highest BCUT2D eigenvalue weighted by molar-refractivity contribution is 6.21. The van der Waals surface area contributed by atoms with Gasteiger partial charge in [0.15, 0.2) is 6.04 Å². The lowest BCUT2D eigenvalue weighted by atomic mass is 9.98. The van der Waals surface area contributed by atoms with Crippen molar-refractivity contribution in [1.82, 2.24) is 10.4 Å². The molecule has 0 saturated heterocycles. The number of hydrogen-bond donors (Lipinski definition) is 1. The number of ether oxygens (including phenoxy) is 2. The number of carbonyl (C=O) groups is 4. The molecule has 1 heterocycles. The van der Waals surface area contributed by atoms with E-state index in [0.29, 0.717) is 5.06 Å². The predicted octanol–water partition coefficient (Wildman–Crippen LogP) is 4.46. The van der Waals surface area contributed by atoms with Crippen LogP contribution in [0, 0.1) is 0 Å². The number of hydrogen-bond acceptors (Lipinski definition) is 7. The maximum atomic E-state index is 13.1. The van der Waals surface area contributed by atoms with Crippen LogP contribution in [0.1, 0.15) is 58.5 Å². The number of nitrogens with zero attached hydrogens (tertiary/aromatic N) is 1. The van der Waals surface area contributed by atoms with Gasteiger partial charge >= 0.3 is 12.1 Å². The zero-order valence-corrected chi connectivity index (χ0v) is 21.8. The van der Waals surface area contributed by atoms with Crippen LogP contribution in [-0.4, -0.2) is 53.8 Å². The fraction of sp³-hybridized carbons (Fsp3) is 0.267. The van der Waals surface area contributed by atoms with E-state index < -0.39 is 35.5 Å². The number of hydroxylamine groups is 2. The number of amides is 3. The molecule has 0 saturated carbocycles. The summed E-state index contributed by atoms with van der Waals surface area (Å²) in [6.45, 7) is 5.13. The number of fused-ring (bicyclic) bond motifs is 4. The highest BCUT2D eigenvalue weighted by Crippen LogP contribution is 2.44. The molecule has 3 aromatic carbocycles. The number of rotatable bonds is 7. The summed E-state index contributed by atoms with van der Waals surface area (Å²) in [6, 6.07) is 20.7. The standard InChI is InChI=1S/C30H28N2O7/c1-30(2,3)38-17-25(28(35)39-32-26(33)22-14-8-9-15-23(22)27(32)34)31-29(36)37-16-24-20-12-6-4-10-18(20)19-11-5-7-13-21(19)24/h4-15,24-25H,16-17H2,1-3H3,(H,31,36)/t25-/m1/s1. The maximum absolute atomic E-state index is 13.1. The van der Waals surface area contributed by atoms with Crippen molar-refractivity contribution < 1.29 is 33.5 Å². The summed E-state index contributed by atoms with van der Waals surface area (Å²) >= 11 is 0. The SMILES string of the molecule is CC(C)(C)OC[C@@H](NC(=O)OCC1c2ccccc2-c2ccccc21)C(=O)ON1C(=O)c2ccccc2C1=O. The Labute approximate surface area is 225 Å². The number of imide groups is 1. The third-order valence-corrected chi connectivity index (χ3v) is 6.54. The van der Waals surface area contributed by atoms with Crippen LogP contribution in [0.3, 0.4) is 0 Å².